The van der Waals surface area contributed by atoms with Gasteiger partial charge in [0, 0.05) is 31.2 Å². The molecule has 20 heavy (non-hydrogen) atoms. The number of rotatable bonds is 7. The lowest BCUT2D eigenvalue weighted by molar-refractivity contribution is -0.106. The van der Waals surface area contributed by atoms with Gasteiger partial charge in [0.25, 0.3) is 0 Å². The van der Waals surface area contributed by atoms with Gasteiger partial charge in [0.1, 0.15) is 12.2 Å². The van der Waals surface area contributed by atoms with Crippen LogP contribution in [-0.4, -0.2) is 29.0 Å². The van der Waals surface area contributed by atoms with E-state index in [2.05, 4.69) is 29.1 Å². The van der Waals surface area contributed by atoms with Crippen LogP contribution in [-0.2, 0) is 21.8 Å². The van der Waals surface area contributed by atoms with E-state index < -0.39 is 0 Å². The van der Waals surface area contributed by atoms with Crippen LogP contribution in [0.3, 0.4) is 0 Å². The third-order valence-electron chi connectivity index (χ3n) is 2.94. The fourth-order valence-corrected chi connectivity index (χ4v) is 2.75. The Hall–Kier alpha value is -1.37. The predicted octanol–water partition coefficient (Wildman–Crippen LogP) is 2.88. The Kier molecular flexibility index (Phi) is 5.58. The molecule has 1 aromatic heterocycles. The second-order valence-corrected chi connectivity index (χ2v) is 5.20. The number of thioether (sulfide) groups is 1. The van der Waals surface area contributed by atoms with E-state index in [1.165, 1.54) is 4.90 Å². The third kappa shape index (κ3) is 3.59. The topological polar surface area (TPSA) is 49.2 Å². The zero-order chi connectivity index (χ0) is 14.4. The van der Waals surface area contributed by atoms with Gasteiger partial charge in [0.05, 0.1) is 5.75 Å². The van der Waals surface area contributed by atoms with E-state index in [1.54, 1.807) is 32.3 Å². The Balaban J connectivity index is 1.97. The Morgan fingerprint density at radius 2 is 1.90 bits per heavy atom. The molecule has 1 heterocycles. The Morgan fingerprint density at radius 1 is 1.20 bits per heavy atom. The van der Waals surface area contributed by atoms with Crippen LogP contribution in [0.15, 0.2) is 35.5 Å². The van der Waals surface area contributed by atoms with E-state index in [0.29, 0.717) is 0 Å². The summed E-state index contributed by atoms with van der Waals surface area (Å²) in [5.74, 6) is 1.80. The largest absolute Gasteiger partial charge is 0.352 e. The molecule has 0 unspecified atom stereocenters. The maximum Gasteiger partial charge on any atom is 0.183 e. The molecule has 0 saturated heterocycles. The highest BCUT2D eigenvalue weighted by Crippen LogP contribution is 2.25. The van der Waals surface area contributed by atoms with Crippen molar-refractivity contribution in [3.63, 3.8) is 0 Å². The molecule has 2 aromatic rings. The summed E-state index contributed by atoms with van der Waals surface area (Å²) in [6.07, 6.45) is 1.29. The van der Waals surface area contributed by atoms with E-state index in [9.17, 15) is 0 Å². The minimum absolute atomic E-state index is 0.308. The van der Waals surface area contributed by atoms with E-state index in [1.807, 2.05) is 16.8 Å². The molecule has 0 amide bonds. The van der Waals surface area contributed by atoms with Gasteiger partial charge in [-0.15, -0.1) is 11.8 Å². The van der Waals surface area contributed by atoms with Gasteiger partial charge in [-0.3, -0.25) is 0 Å². The third-order valence-corrected chi connectivity index (χ3v) is 3.95. The first kappa shape index (κ1) is 15.0. The molecule has 0 radical (unpaired) electrons. The van der Waals surface area contributed by atoms with Gasteiger partial charge < -0.3 is 9.47 Å². The lowest BCUT2D eigenvalue weighted by Crippen LogP contribution is -2.03. The summed E-state index contributed by atoms with van der Waals surface area (Å²) in [4.78, 5) is 5.45. The van der Waals surface area contributed by atoms with Crippen molar-refractivity contribution in [3.05, 3.63) is 42.0 Å². The highest BCUT2D eigenvalue weighted by molar-refractivity contribution is 7.98. The molecule has 0 spiro atoms. The lowest BCUT2D eigenvalue weighted by atomic mass is 10.2. The molecule has 2 rings (SSSR count). The van der Waals surface area contributed by atoms with Crippen molar-refractivity contribution in [1.82, 2.24) is 14.8 Å². The lowest BCUT2D eigenvalue weighted by Gasteiger charge is -2.13. The average Bonchev–Trinajstić information content (AvgIpc) is 2.95. The number of aromatic nitrogens is 3. The Labute approximate surface area is 123 Å². The van der Waals surface area contributed by atoms with Crippen LogP contribution in [0.5, 0.6) is 0 Å². The smallest absolute Gasteiger partial charge is 0.183 e. The maximum absolute atomic E-state index is 5.22. The maximum atomic E-state index is 5.22. The zero-order valence-corrected chi connectivity index (χ0v) is 12.8. The molecular formula is C14H19N3O2S. The molecule has 6 heteroatoms. The standard InChI is InChI=1S/C14H19N3O2S/c1-4-17-13(15-10-16-17)9-20-12-7-5-11(6-8-12)14(18-2)19-3/h5-8,10,14H,4,9H2,1-3H3. The number of benzene rings is 1. The summed E-state index contributed by atoms with van der Waals surface area (Å²) < 4.78 is 12.4. The van der Waals surface area contributed by atoms with Crippen LogP contribution >= 0.6 is 11.8 Å². The summed E-state index contributed by atoms with van der Waals surface area (Å²) in [5, 5.41) is 4.17. The number of methoxy groups -OCH3 is 2. The molecule has 0 bridgehead atoms. The van der Waals surface area contributed by atoms with Gasteiger partial charge in [-0.25, -0.2) is 9.67 Å². The molecule has 0 aliphatic carbocycles. The molecular weight excluding hydrogens is 274 g/mol. The van der Waals surface area contributed by atoms with Crippen molar-refractivity contribution < 1.29 is 9.47 Å². The summed E-state index contributed by atoms with van der Waals surface area (Å²) in [7, 11) is 3.27. The van der Waals surface area contributed by atoms with Crippen molar-refractivity contribution in [3.8, 4) is 0 Å². The van der Waals surface area contributed by atoms with Crippen LogP contribution in [0.25, 0.3) is 0 Å². The fourth-order valence-electron chi connectivity index (χ4n) is 1.90. The Morgan fingerprint density at radius 3 is 2.50 bits per heavy atom. The van der Waals surface area contributed by atoms with Crippen molar-refractivity contribution in [2.24, 2.45) is 0 Å². The fraction of sp³-hybridized carbons (Fsp3) is 0.429. The average molecular weight is 293 g/mol. The first-order valence-corrected chi connectivity index (χ1v) is 7.42. The molecule has 0 N–H and O–H groups in total. The molecule has 1 aromatic carbocycles. The summed E-state index contributed by atoms with van der Waals surface area (Å²) in [6, 6.07) is 8.17. The van der Waals surface area contributed by atoms with Crippen LogP contribution in [0.1, 0.15) is 24.6 Å². The van der Waals surface area contributed by atoms with Crippen LogP contribution in [0.2, 0.25) is 0 Å². The number of hydrogen-bond acceptors (Lipinski definition) is 5. The molecule has 0 aliphatic heterocycles. The molecule has 108 valence electrons. The number of ether oxygens (including phenoxy) is 2. The van der Waals surface area contributed by atoms with Gasteiger partial charge in [-0.1, -0.05) is 12.1 Å². The first-order valence-electron chi connectivity index (χ1n) is 6.43. The summed E-state index contributed by atoms with van der Waals surface area (Å²) in [5.41, 5.74) is 1.01. The van der Waals surface area contributed by atoms with E-state index in [0.717, 1.165) is 23.7 Å². The molecule has 0 atom stereocenters. The van der Waals surface area contributed by atoms with Crippen molar-refractivity contribution in [2.75, 3.05) is 14.2 Å². The first-order chi connectivity index (χ1) is 9.78. The van der Waals surface area contributed by atoms with E-state index >= 15 is 0 Å². The molecule has 0 aliphatic rings. The predicted molar refractivity (Wildman–Crippen MR) is 78.5 cm³/mol. The highest BCUT2D eigenvalue weighted by atomic mass is 32.2. The van der Waals surface area contributed by atoms with E-state index in [4.69, 9.17) is 9.47 Å². The number of aryl methyl sites for hydroxylation is 1. The van der Waals surface area contributed by atoms with E-state index in [-0.39, 0.29) is 6.29 Å². The molecule has 0 saturated carbocycles. The van der Waals surface area contributed by atoms with Gasteiger partial charge in [0.2, 0.25) is 0 Å². The number of nitrogens with zero attached hydrogens (tertiary/aromatic N) is 3. The summed E-state index contributed by atoms with van der Waals surface area (Å²) in [6.45, 7) is 2.91. The van der Waals surface area contributed by atoms with Crippen LogP contribution in [0, 0.1) is 0 Å². The van der Waals surface area contributed by atoms with Crippen LogP contribution < -0.4 is 0 Å². The minimum Gasteiger partial charge on any atom is -0.352 e. The van der Waals surface area contributed by atoms with Gasteiger partial charge in [-0.05, 0) is 19.1 Å². The second kappa shape index (κ2) is 7.42. The quantitative estimate of drug-likeness (QED) is 0.580. The van der Waals surface area contributed by atoms with Crippen molar-refractivity contribution in [1.29, 1.82) is 0 Å². The van der Waals surface area contributed by atoms with Crippen molar-refractivity contribution >= 4 is 11.8 Å². The van der Waals surface area contributed by atoms with Crippen molar-refractivity contribution in [2.45, 2.75) is 30.4 Å². The Bertz CT molecular complexity index is 523. The van der Waals surface area contributed by atoms with Gasteiger partial charge in [-0.2, -0.15) is 5.10 Å². The highest BCUT2D eigenvalue weighted by Gasteiger charge is 2.09. The second-order valence-electron chi connectivity index (χ2n) is 4.15. The van der Waals surface area contributed by atoms with Gasteiger partial charge in [0.15, 0.2) is 6.29 Å². The summed E-state index contributed by atoms with van der Waals surface area (Å²) >= 11 is 1.74. The molecule has 0 fully saturated rings. The SMILES string of the molecule is CCn1ncnc1CSc1ccc(C(OC)OC)cc1. The number of hydrogen-bond donors (Lipinski definition) is 0. The monoisotopic (exact) mass is 293 g/mol. The van der Waals surface area contributed by atoms with Crippen LogP contribution in [0.4, 0.5) is 0 Å². The molecule has 5 nitrogen and oxygen atoms in total. The minimum atomic E-state index is -0.308. The normalized spacial score (nSPS) is 11.2. The zero-order valence-electron chi connectivity index (χ0n) is 11.9. The van der Waals surface area contributed by atoms with Gasteiger partial charge >= 0.3 is 0 Å².